The van der Waals surface area contributed by atoms with Gasteiger partial charge in [0, 0.05) is 0 Å². The summed E-state index contributed by atoms with van der Waals surface area (Å²) >= 11 is 0. The molecule has 0 aromatic rings. The number of nitrogens with zero attached hydrogens (tertiary/aromatic N) is 12. The monoisotopic (exact) mass is 601 g/mol. The third-order valence-corrected chi connectivity index (χ3v) is 0. The maximum absolute atomic E-state index is 6.25. The molecule has 151 valence electrons. The van der Waals surface area contributed by atoms with Crippen molar-refractivity contribution in [1.29, 1.82) is 63.1 Å². The van der Waals surface area contributed by atoms with Crippen molar-refractivity contribution in [2.75, 3.05) is 0 Å². The molecule has 12 nitrogen and oxygen atoms in total. The van der Waals surface area contributed by atoms with Crippen molar-refractivity contribution in [3.05, 3.63) is 78.9 Å². The predicted molar refractivity (Wildman–Crippen MR) is 59.6 cm³/mol. The van der Waals surface area contributed by atoms with Crippen LogP contribution >= 0.6 is 0 Å². The van der Waals surface area contributed by atoms with Gasteiger partial charge in [-0.3, -0.25) is 0 Å². The minimum atomic E-state index is 0. The minimum Gasteiger partial charge on any atom is -0.512 e. The van der Waals surface area contributed by atoms with Crippen LogP contribution in [0.15, 0.2) is 0 Å². The molecule has 0 fully saturated rings. The Labute approximate surface area is 225 Å². The van der Waals surface area contributed by atoms with E-state index < -0.39 is 0 Å². The summed E-state index contributed by atoms with van der Waals surface area (Å²) in [5.41, 5.74) is 0. The first kappa shape index (κ1) is 213. The molecule has 0 rings (SSSR count). The Hall–Kier alpha value is -3.56. The van der Waals surface area contributed by atoms with Crippen LogP contribution in [0.4, 0.5) is 0 Å². The van der Waals surface area contributed by atoms with Crippen LogP contribution in [0.5, 0.6) is 0 Å². The second-order valence-corrected chi connectivity index (χ2v) is 0. The van der Waals surface area contributed by atoms with Gasteiger partial charge in [-0.15, -0.1) is 0 Å². The molecule has 0 amide bonds. The molecule has 17 heteroatoms. The fourth-order valence-electron chi connectivity index (χ4n) is 0. The van der Waals surface area contributed by atoms with Crippen molar-refractivity contribution in [3.8, 4) is 0 Å². The van der Waals surface area contributed by atoms with E-state index in [1.807, 2.05) is 0 Å². The van der Waals surface area contributed by atoms with Crippen LogP contribution in [0.1, 0.15) is 0 Å². The Morgan fingerprint density at radius 2 is 0.172 bits per heavy atom. The Morgan fingerprint density at radius 1 is 0.172 bits per heavy atom. The van der Waals surface area contributed by atoms with Gasteiger partial charge in [-0.05, 0) is 0 Å². The second-order valence-electron chi connectivity index (χ2n) is 0. The zero-order valence-corrected chi connectivity index (χ0v) is 18.4. The van der Waals surface area contributed by atoms with E-state index >= 15 is 0 Å². The van der Waals surface area contributed by atoms with Gasteiger partial charge in [0.1, 0.15) is 0 Å². The minimum absolute atomic E-state index is 0. The molecule has 0 bridgehead atoms. The molecule has 0 atom stereocenters. The van der Waals surface area contributed by atoms with Gasteiger partial charge in [0.05, 0.1) is 0 Å². The fourth-order valence-corrected chi connectivity index (χ4v) is 0. The van der Waals surface area contributed by atoms with E-state index in [0.717, 1.165) is 0 Å². The summed E-state index contributed by atoms with van der Waals surface area (Å²) in [5, 5.41) is 75.0. The standard InChI is InChI=1S/12CN.3Co.2Fe/c12*1-2;;;;;/q12*-1;3*+2;2*+3. The average Bonchev–Trinajstić information content (AvgIpc) is 2.84. The van der Waals surface area contributed by atoms with Crippen LogP contribution in [-0.2, 0) is 84.5 Å². The summed E-state index contributed by atoms with van der Waals surface area (Å²) < 4.78 is 0. The van der Waals surface area contributed by atoms with Gasteiger partial charge < -0.3 is 142 Å². The second kappa shape index (κ2) is 1060. The van der Waals surface area contributed by atoms with Crippen molar-refractivity contribution in [3.63, 3.8) is 0 Å². The van der Waals surface area contributed by atoms with Crippen molar-refractivity contribution < 1.29 is 84.5 Å². The van der Waals surface area contributed by atoms with E-state index in [4.69, 9.17) is 142 Å². The average molecular weight is 601 g/mol. The van der Waals surface area contributed by atoms with Crippen LogP contribution in [0.3, 0.4) is 0 Å². The van der Waals surface area contributed by atoms with Crippen LogP contribution in [0, 0.1) is 142 Å². The molecule has 0 aliphatic heterocycles. The third kappa shape index (κ3) is 970. The smallest absolute Gasteiger partial charge is 0.512 e. The van der Waals surface area contributed by atoms with Crippen LogP contribution in [0.2, 0.25) is 0 Å². The quantitative estimate of drug-likeness (QED) is 0.279. The fraction of sp³-hybridized carbons (Fsp3) is 0. The van der Waals surface area contributed by atoms with Gasteiger partial charge in [0.15, 0.2) is 0 Å². The molecule has 29 heavy (non-hydrogen) atoms. The number of rotatable bonds is 0. The van der Waals surface area contributed by atoms with Gasteiger partial charge in [-0.2, -0.15) is 0 Å². The van der Waals surface area contributed by atoms with Gasteiger partial charge in [-0.1, -0.05) is 0 Å². The molecule has 0 aliphatic rings. The topological polar surface area (TPSA) is 285 Å². The Balaban J connectivity index is -0.00000000356. The molecule has 0 N–H and O–H groups in total. The van der Waals surface area contributed by atoms with Crippen LogP contribution in [-0.4, -0.2) is 0 Å². The van der Waals surface area contributed by atoms with Crippen molar-refractivity contribution in [1.82, 2.24) is 0 Å². The van der Waals surface area contributed by atoms with Crippen molar-refractivity contribution in [2.24, 2.45) is 0 Å². The first-order valence-electron chi connectivity index (χ1n) is 2.68. The van der Waals surface area contributed by atoms with E-state index in [1.54, 1.807) is 0 Å². The summed E-state index contributed by atoms with van der Waals surface area (Å²) in [5.74, 6) is 0. The molecular formula is C12Co3Fe2N12. The normalized spacial score (nSPS) is 0.828. The first-order valence-corrected chi connectivity index (χ1v) is 2.68. The zero-order valence-electron chi connectivity index (χ0n) is 13.1. The van der Waals surface area contributed by atoms with E-state index in [0.29, 0.717) is 0 Å². The van der Waals surface area contributed by atoms with Crippen molar-refractivity contribution in [2.45, 2.75) is 0 Å². The first-order chi connectivity index (χ1) is 12.0. The van der Waals surface area contributed by atoms with Gasteiger partial charge in [0.2, 0.25) is 0 Å². The molecule has 0 spiro atoms. The summed E-state index contributed by atoms with van der Waals surface area (Å²) in [4.78, 5) is 0. The van der Waals surface area contributed by atoms with Gasteiger partial charge >= 0.3 is 84.5 Å². The summed E-state index contributed by atoms with van der Waals surface area (Å²) in [6, 6.07) is 0. The third-order valence-electron chi connectivity index (χ3n) is 0. The molecule has 0 saturated carbocycles. The maximum atomic E-state index is 6.25. The Bertz CT molecular complexity index is 234. The maximum Gasteiger partial charge on any atom is 3.00 e. The molecule has 0 aromatic heterocycles. The molecular weight excluding hydrogens is 601 g/mol. The predicted octanol–water partition coefficient (Wildman–Crippen LogP) is 1.14. The zero-order chi connectivity index (χ0) is 24.0. The summed E-state index contributed by atoms with van der Waals surface area (Å²) in [7, 11) is 0. The number of hydrogen-bond acceptors (Lipinski definition) is 12. The largest absolute Gasteiger partial charge is 3.00 e. The van der Waals surface area contributed by atoms with Crippen molar-refractivity contribution >= 4 is 0 Å². The van der Waals surface area contributed by atoms with Gasteiger partial charge in [0.25, 0.3) is 0 Å². The molecule has 0 unspecified atom stereocenters. The summed E-state index contributed by atoms with van der Waals surface area (Å²) in [6.07, 6.45) is 0. The molecule has 0 saturated heterocycles. The molecule has 0 heterocycles. The Kier molecular flexibility index (Phi) is 7790. The van der Waals surface area contributed by atoms with E-state index in [-0.39, 0.29) is 84.5 Å². The van der Waals surface area contributed by atoms with Gasteiger partial charge in [-0.25, -0.2) is 0 Å². The molecule has 0 aromatic carbocycles. The Morgan fingerprint density at radius 3 is 0.172 bits per heavy atom. The van der Waals surface area contributed by atoms with E-state index in [9.17, 15) is 0 Å². The molecule has 5 radical (unpaired) electrons. The number of hydrogen-bond donors (Lipinski definition) is 0. The SMILES string of the molecule is [C-]#N.[C-]#N.[C-]#N.[C-]#N.[C-]#N.[C-]#N.[C-]#N.[C-]#N.[C-]#N.[C-]#N.[C-]#N.[C-]#N.[Co+2].[Co+2].[Co+2].[Fe+3].[Fe+3]. The van der Waals surface area contributed by atoms with E-state index in [1.165, 1.54) is 0 Å². The van der Waals surface area contributed by atoms with Crippen LogP contribution < -0.4 is 0 Å². The van der Waals surface area contributed by atoms with E-state index in [2.05, 4.69) is 0 Å². The molecule has 0 aliphatic carbocycles. The van der Waals surface area contributed by atoms with Crippen LogP contribution in [0.25, 0.3) is 0 Å². The summed E-state index contributed by atoms with van der Waals surface area (Å²) in [6.45, 7) is 57.0.